The number of carbonyl (C=O) groups is 1. The van der Waals surface area contributed by atoms with Crippen LogP contribution in [0.4, 0.5) is 10.1 Å². The van der Waals surface area contributed by atoms with Gasteiger partial charge in [0.05, 0.1) is 10.6 Å². The van der Waals surface area contributed by atoms with Gasteiger partial charge in [-0.2, -0.15) is 0 Å². The molecule has 2 aliphatic heterocycles. The van der Waals surface area contributed by atoms with Crippen LogP contribution in [-0.4, -0.2) is 57.3 Å². The zero-order valence-electron chi connectivity index (χ0n) is 17.5. The third-order valence-electron chi connectivity index (χ3n) is 5.60. The molecular formula is C22H25FN4O3S. The topological polar surface area (TPSA) is 82.1 Å². The number of amidine groups is 1. The molecule has 4 rings (SSSR count). The summed E-state index contributed by atoms with van der Waals surface area (Å²) in [5.74, 6) is -0.352. The van der Waals surface area contributed by atoms with E-state index in [1.807, 2.05) is 18.7 Å². The number of rotatable bonds is 4. The van der Waals surface area contributed by atoms with E-state index in [0.29, 0.717) is 37.4 Å². The number of amides is 1. The summed E-state index contributed by atoms with van der Waals surface area (Å²) in [5, 5.41) is 0. The number of hydrogen-bond acceptors (Lipinski definition) is 5. The second-order valence-electron chi connectivity index (χ2n) is 8.03. The van der Waals surface area contributed by atoms with Gasteiger partial charge in [0, 0.05) is 31.7 Å². The van der Waals surface area contributed by atoms with Crippen LogP contribution in [0.1, 0.15) is 19.4 Å². The molecular weight excluding hydrogens is 419 g/mol. The molecule has 0 saturated carbocycles. The quantitative estimate of drug-likeness (QED) is 0.784. The third kappa shape index (κ3) is 4.14. The van der Waals surface area contributed by atoms with Gasteiger partial charge in [-0.05, 0) is 30.2 Å². The number of sulfonamides is 1. The number of anilines is 1. The Balaban J connectivity index is 1.52. The highest BCUT2D eigenvalue weighted by Crippen LogP contribution is 2.25. The Labute approximate surface area is 181 Å². The predicted octanol–water partition coefficient (Wildman–Crippen LogP) is 2.24. The Morgan fingerprint density at radius 3 is 2.35 bits per heavy atom. The lowest BCUT2D eigenvalue weighted by molar-refractivity contribution is -0.133. The molecule has 2 heterocycles. The number of para-hydroxylation sites is 1. The maximum atomic E-state index is 14.1. The standard InChI is InChI=1S/C22H25FN4O3S/c1-15(2)20(24-21-16-7-3-6-10-19(16)31(29,30)25-21)22(28)27-13-11-26(12-14-27)18-9-5-4-8-17(18)23/h3-10,15,20H,11-14H2,1-2H3,(H,24,25). The van der Waals surface area contributed by atoms with Crippen molar-refractivity contribution in [2.24, 2.45) is 10.9 Å². The molecule has 0 bridgehead atoms. The van der Waals surface area contributed by atoms with E-state index >= 15 is 0 Å². The molecule has 1 amide bonds. The van der Waals surface area contributed by atoms with Gasteiger partial charge in [-0.25, -0.2) is 12.8 Å². The molecule has 1 saturated heterocycles. The minimum absolute atomic E-state index is 0.123. The molecule has 31 heavy (non-hydrogen) atoms. The Morgan fingerprint density at radius 2 is 1.68 bits per heavy atom. The molecule has 0 aliphatic carbocycles. The van der Waals surface area contributed by atoms with E-state index in [2.05, 4.69) is 9.71 Å². The summed E-state index contributed by atoms with van der Waals surface area (Å²) in [6.45, 7) is 5.70. The predicted molar refractivity (Wildman–Crippen MR) is 117 cm³/mol. The lowest BCUT2D eigenvalue weighted by atomic mass is 10.0. The molecule has 1 fully saturated rings. The van der Waals surface area contributed by atoms with Crippen molar-refractivity contribution in [3.63, 3.8) is 0 Å². The SMILES string of the molecule is CC(C)C(N=C1NS(=O)(=O)c2ccccc21)C(=O)N1CCN(c2ccccc2F)CC1. The molecule has 164 valence electrons. The van der Waals surface area contributed by atoms with E-state index in [-0.39, 0.29) is 28.4 Å². The van der Waals surface area contributed by atoms with Crippen molar-refractivity contribution in [1.29, 1.82) is 0 Å². The normalized spacial score (nSPS) is 19.9. The van der Waals surface area contributed by atoms with Gasteiger partial charge >= 0.3 is 0 Å². The van der Waals surface area contributed by atoms with Crippen LogP contribution >= 0.6 is 0 Å². The smallest absolute Gasteiger partial charge is 0.263 e. The number of carbonyl (C=O) groups excluding carboxylic acids is 1. The van der Waals surface area contributed by atoms with E-state index in [0.717, 1.165) is 0 Å². The van der Waals surface area contributed by atoms with E-state index in [1.165, 1.54) is 12.1 Å². The van der Waals surface area contributed by atoms with Crippen molar-refractivity contribution in [2.75, 3.05) is 31.1 Å². The fourth-order valence-corrected chi connectivity index (χ4v) is 5.16. The molecule has 0 radical (unpaired) electrons. The molecule has 1 unspecified atom stereocenters. The highest BCUT2D eigenvalue weighted by molar-refractivity contribution is 7.90. The number of benzene rings is 2. The van der Waals surface area contributed by atoms with E-state index in [4.69, 9.17) is 0 Å². The highest BCUT2D eigenvalue weighted by Gasteiger charge is 2.34. The first-order valence-electron chi connectivity index (χ1n) is 10.3. The summed E-state index contributed by atoms with van der Waals surface area (Å²) in [6, 6.07) is 12.5. The van der Waals surface area contributed by atoms with E-state index < -0.39 is 16.1 Å². The number of fused-ring (bicyclic) bond motifs is 1. The summed E-state index contributed by atoms with van der Waals surface area (Å²) >= 11 is 0. The van der Waals surface area contributed by atoms with E-state index in [9.17, 15) is 17.6 Å². The molecule has 9 heteroatoms. The zero-order valence-corrected chi connectivity index (χ0v) is 18.3. The Hall–Kier alpha value is -2.94. The van der Waals surface area contributed by atoms with Crippen molar-refractivity contribution in [2.45, 2.75) is 24.8 Å². The molecule has 1 N–H and O–H groups in total. The van der Waals surface area contributed by atoms with Crippen LogP contribution in [0, 0.1) is 11.7 Å². The molecule has 0 spiro atoms. The number of aliphatic imine (C=N–C) groups is 1. The summed E-state index contributed by atoms with van der Waals surface area (Å²) in [4.78, 5) is 21.6. The number of nitrogens with one attached hydrogen (secondary N) is 1. The Morgan fingerprint density at radius 1 is 1.03 bits per heavy atom. The van der Waals surface area contributed by atoms with Crippen LogP contribution in [-0.2, 0) is 14.8 Å². The largest absolute Gasteiger partial charge is 0.366 e. The van der Waals surface area contributed by atoms with Crippen molar-refractivity contribution >= 4 is 27.5 Å². The van der Waals surface area contributed by atoms with Crippen LogP contribution in [0.15, 0.2) is 58.4 Å². The summed E-state index contributed by atoms with van der Waals surface area (Å²) in [7, 11) is -3.67. The third-order valence-corrected chi connectivity index (χ3v) is 7.00. The number of halogens is 1. The van der Waals surface area contributed by atoms with Gasteiger partial charge in [-0.15, -0.1) is 0 Å². The lowest BCUT2D eigenvalue weighted by Crippen LogP contribution is -2.52. The van der Waals surface area contributed by atoms with Crippen LogP contribution < -0.4 is 9.62 Å². The first-order valence-corrected chi connectivity index (χ1v) is 11.7. The van der Waals surface area contributed by atoms with Crippen molar-refractivity contribution in [1.82, 2.24) is 9.62 Å². The molecule has 0 aromatic heterocycles. The molecule has 2 aromatic rings. The number of hydrogen-bond donors (Lipinski definition) is 1. The van der Waals surface area contributed by atoms with Crippen molar-refractivity contribution < 1.29 is 17.6 Å². The second kappa shape index (κ2) is 8.30. The zero-order chi connectivity index (χ0) is 22.2. The maximum Gasteiger partial charge on any atom is 0.263 e. The molecule has 2 aromatic carbocycles. The average molecular weight is 445 g/mol. The fourth-order valence-electron chi connectivity index (χ4n) is 3.92. The van der Waals surface area contributed by atoms with Crippen molar-refractivity contribution in [3.05, 3.63) is 59.9 Å². The molecule has 7 nitrogen and oxygen atoms in total. The first kappa shape index (κ1) is 21.3. The van der Waals surface area contributed by atoms with Crippen molar-refractivity contribution in [3.8, 4) is 0 Å². The second-order valence-corrected chi connectivity index (χ2v) is 9.68. The van der Waals surface area contributed by atoms with E-state index in [1.54, 1.807) is 41.3 Å². The summed E-state index contributed by atoms with van der Waals surface area (Å²) < 4.78 is 41.3. The monoisotopic (exact) mass is 444 g/mol. The fraction of sp³-hybridized carbons (Fsp3) is 0.364. The number of nitrogens with zero attached hydrogens (tertiary/aromatic N) is 3. The minimum atomic E-state index is -3.67. The lowest BCUT2D eigenvalue weighted by Gasteiger charge is -2.37. The van der Waals surface area contributed by atoms with Gasteiger partial charge in [0.2, 0.25) is 5.91 Å². The van der Waals surface area contributed by atoms with Gasteiger partial charge in [0.25, 0.3) is 10.0 Å². The number of piperazine rings is 1. The van der Waals surface area contributed by atoms with Gasteiger partial charge in [-0.3, -0.25) is 14.5 Å². The summed E-state index contributed by atoms with van der Waals surface area (Å²) in [5.41, 5.74) is 1.01. The van der Waals surface area contributed by atoms with Gasteiger partial charge in [-0.1, -0.05) is 38.1 Å². The van der Waals surface area contributed by atoms with Crippen LogP contribution in [0.2, 0.25) is 0 Å². The van der Waals surface area contributed by atoms with Gasteiger partial charge in [0.1, 0.15) is 17.7 Å². The summed E-state index contributed by atoms with van der Waals surface area (Å²) in [6.07, 6.45) is 0. The molecule has 1 atom stereocenters. The maximum absolute atomic E-state index is 14.1. The Kier molecular flexibility index (Phi) is 5.70. The van der Waals surface area contributed by atoms with Gasteiger partial charge < -0.3 is 9.80 Å². The molecule has 2 aliphatic rings. The average Bonchev–Trinajstić information content (AvgIpc) is 3.02. The van der Waals surface area contributed by atoms with Crippen LogP contribution in [0.3, 0.4) is 0 Å². The minimum Gasteiger partial charge on any atom is -0.366 e. The first-order chi connectivity index (χ1) is 14.8. The van der Waals surface area contributed by atoms with Crippen LogP contribution in [0.5, 0.6) is 0 Å². The Bertz CT molecular complexity index is 1130. The van der Waals surface area contributed by atoms with Crippen LogP contribution in [0.25, 0.3) is 0 Å². The highest BCUT2D eigenvalue weighted by atomic mass is 32.2. The van der Waals surface area contributed by atoms with Gasteiger partial charge in [0.15, 0.2) is 0 Å².